The van der Waals surface area contributed by atoms with Crippen molar-refractivity contribution in [1.29, 1.82) is 0 Å². The number of fused-ring (bicyclic) bond motifs is 1. The van der Waals surface area contributed by atoms with Crippen LogP contribution in [-0.2, 0) is 6.54 Å². The Morgan fingerprint density at radius 2 is 2.20 bits per heavy atom. The van der Waals surface area contributed by atoms with Gasteiger partial charge in [0.2, 0.25) is 0 Å². The highest BCUT2D eigenvalue weighted by Crippen LogP contribution is 2.27. The number of hydrogen-bond acceptors (Lipinski definition) is 3. The van der Waals surface area contributed by atoms with Crippen molar-refractivity contribution < 1.29 is 0 Å². The number of benzene rings is 1. The van der Waals surface area contributed by atoms with Crippen molar-refractivity contribution in [2.75, 3.05) is 0 Å². The molecule has 3 nitrogen and oxygen atoms in total. The van der Waals surface area contributed by atoms with Gasteiger partial charge in [-0.15, -0.1) is 22.9 Å². The highest BCUT2D eigenvalue weighted by molar-refractivity contribution is 9.10. The Balaban J connectivity index is 2.13. The molecule has 3 aromatic rings. The fourth-order valence-electron chi connectivity index (χ4n) is 2.20. The zero-order chi connectivity index (χ0) is 14.3. The molecule has 0 radical (unpaired) electrons. The fraction of sp³-hybridized carbons (Fsp3) is 0.286. The molecule has 1 unspecified atom stereocenters. The molecule has 1 aromatic carbocycles. The Bertz CT molecular complexity index is 763. The maximum absolute atomic E-state index is 6.28. The Hall–Kier alpha value is -0.910. The molecule has 0 aliphatic heterocycles. The number of rotatable bonds is 3. The number of aryl methyl sites for hydroxylation is 1. The smallest absolute Gasteiger partial charge is 0.128 e. The van der Waals surface area contributed by atoms with Crippen LogP contribution in [0.4, 0.5) is 0 Å². The van der Waals surface area contributed by atoms with Crippen LogP contribution in [0, 0.1) is 6.92 Å². The second-order valence-corrected chi connectivity index (χ2v) is 7.20. The lowest BCUT2D eigenvalue weighted by molar-refractivity contribution is 0.737. The van der Waals surface area contributed by atoms with Crippen LogP contribution in [0.15, 0.2) is 28.1 Å². The molecule has 1 atom stereocenters. The van der Waals surface area contributed by atoms with Gasteiger partial charge in [-0.25, -0.2) is 9.97 Å². The van der Waals surface area contributed by atoms with Crippen molar-refractivity contribution in [2.45, 2.75) is 25.8 Å². The molecular weight excluding hydrogens is 358 g/mol. The van der Waals surface area contributed by atoms with Gasteiger partial charge in [0.25, 0.3) is 0 Å². The summed E-state index contributed by atoms with van der Waals surface area (Å²) in [6.07, 6.45) is 0. The summed E-state index contributed by atoms with van der Waals surface area (Å²) in [7, 11) is 0. The highest BCUT2D eigenvalue weighted by atomic mass is 79.9. The van der Waals surface area contributed by atoms with Crippen molar-refractivity contribution in [3.8, 4) is 0 Å². The van der Waals surface area contributed by atoms with E-state index in [4.69, 9.17) is 11.6 Å². The molecule has 0 bridgehead atoms. The average Bonchev–Trinajstić information content (AvgIpc) is 2.94. The summed E-state index contributed by atoms with van der Waals surface area (Å²) in [4.78, 5) is 9.18. The maximum atomic E-state index is 6.28. The molecule has 104 valence electrons. The lowest BCUT2D eigenvalue weighted by atomic mass is 10.3. The van der Waals surface area contributed by atoms with Crippen molar-refractivity contribution >= 4 is 49.9 Å². The molecule has 0 fully saturated rings. The second-order valence-electron chi connectivity index (χ2n) is 4.69. The maximum Gasteiger partial charge on any atom is 0.128 e. The Morgan fingerprint density at radius 3 is 2.85 bits per heavy atom. The fourth-order valence-corrected chi connectivity index (χ4v) is 3.48. The predicted octanol–water partition coefficient (Wildman–Crippen LogP) is 4.91. The number of nitrogens with zero attached hydrogens (tertiary/aromatic N) is 3. The third-order valence-electron chi connectivity index (χ3n) is 3.06. The quantitative estimate of drug-likeness (QED) is 0.613. The topological polar surface area (TPSA) is 30.7 Å². The van der Waals surface area contributed by atoms with Crippen LogP contribution in [0.3, 0.4) is 0 Å². The zero-order valence-electron chi connectivity index (χ0n) is 11.1. The number of halogens is 2. The number of thiazole rings is 1. The number of hydrogen-bond donors (Lipinski definition) is 0. The van der Waals surface area contributed by atoms with Crippen molar-refractivity contribution in [3.05, 3.63) is 44.6 Å². The molecule has 2 aromatic heterocycles. The SMILES string of the molecule is Cc1csc(Cn2c(C(C)Cl)nc3cc(Br)ccc32)n1. The van der Waals surface area contributed by atoms with Gasteiger partial charge in [0, 0.05) is 15.5 Å². The summed E-state index contributed by atoms with van der Waals surface area (Å²) in [6.45, 7) is 4.67. The van der Waals surface area contributed by atoms with E-state index in [9.17, 15) is 0 Å². The van der Waals surface area contributed by atoms with Gasteiger partial charge in [-0.1, -0.05) is 15.9 Å². The first kappa shape index (κ1) is 14.0. The van der Waals surface area contributed by atoms with E-state index in [1.807, 2.05) is 26.0 Å². The molecule has 6 heteroatoms. The standard InChI is InChI=1S/C14H13BrClN3S/c1-8-7-20-13(17-8)6-19-12-4-3-10(15)5-11(12)18-14(19)9(2)16/h3-5,7,9H,6H2,1-2H3. The minimum atomic E-state index is -0.137. The minimum absolute atomic E-state index is 0.137. The zero-order valence-corrected chi connectivity index (χ0v) is 14.3. The molecular formula is C14H13BrClN3S. The Morgan fingerprint density at radius 1 is 1.40 bits per heavy atom. The molecule has 0 aliphatic rings. The van der Waals surface area contributed by atoms with Crippen LogP contribution in [0.1, 0.15) is 28.8 Å². The van der Waals surface area contributed by atoms with Gasteiger partial charge in [-0.05, 0) is 32.0 Å². The highest BCUT2D eigenvalue weighted by Gasteiger charge is 2.16. The number of imidazole rings is 1. The van der Waals surface area contributed by atoms with Crippen LogP contribution in [-0.4, -0.2) is 14.5 Å². The van der Waals surface area contributed by atoms with Crippen LogP contribution in [0.2, 0.25) is 0 Å². The van der Waals surface area contributed by atoms with Crippen LogP contribution in [0.5, 0.6) is 0 Å². The van der Waals surface area contributed by atoms with Gasteiger partial charge in [0.1, 0.15) is 10.8 Å². The van der Waals surface area contributed by atoms with Crippen LogP contribution in [0.25, 0.3) is 11.0 Å². The first-order valence-corrected chi connectivity index (χ1v) is 8.36. The van der Waals surface area contributed by atoms with Gasteiger partial charge in [-0.3, -0.25) is 0 Å². The largest absolute Gasteiger partial charge is 0.320 e. The van der Waals surface area contributed by atoms with Crippen LogP contribution >= 0.6 is 38.9 Å². The number of aromatic nitrogens is 3. The van der Waals surface area contributed by atoms with Crippen molar-refractivity contribution in [2.24, 2.45) is 0 Å². The van der Waals surface area contributed by atoms with Crippen molar-refractivity contribution in [3.63, 3.8) is 0 Å². The predicted molar refractivity (Wildman–Crippen MR) is 87.7 cm³/mol. The van der Waals surface area contributed by atoms with E-state index < -0.39 is 0 Å². The first-order chi connectivity index (χ1) is 9.54. The molecule has 0 saturated heterocycles. The number of alkyl halides is 1. The third-order valence-corrected chi connectivity index (χ3v) is 4.70. The minimum Gasteiger partial charge on any atom is -0.320 e. The normalized spacial score (nSPS) is 13.0. The molecule has 0 aliphatic carbocycles. The van der Waals surface area contributed by atoms with E-state index in [1.165, 1.54) is 0 Å². The van der Waals surface area contributed by atoms with E-state index in [1.54, 1.807) is 11.3 Å². The summed E-state index contributed by atoms with van der Waals surface area (Å²) < 4.78 is 3.17. The Kier molecular flexibility index (Phi) is 3.84. The summed E-state index contributed by atoms with van der Waals surface area (Å²) in [5, 5.41) is 3.00. The van der Waals surface area contributed by atoms with Gasteiger partial charge in [0.15, 0.2) is 0 Å². The summed E-state index contributed by atoms with van der Waals surface area (Å²) in [6, 6.07) is 6.10. The molecule has 2 heterocycles. The molecule has 0 spiro atoms. The summed E-state index contributed by atoms with van der Waals surface area (Å²) in [5.41, 5.74) is 3.09. The van der Waals surface area contributed by atoms with E-state index >= 15 is 0 Å². The monoisotopic (exact) mass is 369 g/mol. The van der Waals surface area contributed by atoms with Gasteiger partial charge >= 0.3 is 0 Å². The van der Waals surface area contributed by atoms with Gasteiger partial charge in [-0.2, -0.15) is 0 Å². The van der Waals surface area contributed by atoms with E-state index in [2.05, 4.69) is 41.9 Å². The first-order valence-electron chi connectivity index (χ1n) is 6.25. The third kappa shape index (κ3) is 2.62. The van der Waals surface area contributed by atoms with Crippen molar-refractivity contribution in [1.82, 2.24) is 14.5 Å². The molecule has 3 rings (SSSR count). The van der Waals surface area contributed by atoms with E-state index in [-0.39, 0.29) is 5.38 Å². The summed E-state index contributed by atoms with van der Waals surface area (Å²) >= 11 is 11.4. The Labute approximate surface area is 134 Å². The van der Waals surface area contributed by atoms with E-state index in [0.717, 1.165) is 32.0 Å². The molecule has 20 heavy (non-hydrogen) atoms. The molecule has 0 N–H and O–H groups in total. The van der Waals surface area contributed by atoms with Gasteiger partial charge in [0.05, 0.1) is 23.0 Å². The lowest BCUT2D eigenvalue weighted by Crippen LogP contribution is -2.05. The second kappa shape index (κ2) is 5.47. The lowest BCUT2D eigenvalue weighted by Gasteiger charge is -2.08. The summed E-state index contributed by atoms with van der Waals surface area (Å²) in [5.74, 6) is 0.882. The van der Waals surface area contributed by atoms with Gasteiger partial charge < -0.3 is 4.57 Å². The molecule has 0 saturated carbocycles. The van der Waals surface area contributed by atoms with E-state index in [0.29, 0.717) is 6.54 Å². The average molecular weight is 371 g/mol. The van der Waals surface area contributed by atoms with Crippen LogP contribution < -0.4 is 0 Å². The molecule has 0 amide bonds.